The van der Waals surface area contributed by atoms with Crippen LogP contribution in [0.25, 0.3) is 0 Å². The smallest absolute Gasteiger partial charge is 0.178 e. The summed E-state index contributed by atoms with van der Waals surface area (Å²) in [5.74, 6) is 0. The van der Waals surface area contributed by atoms with Crippen molar-refractivity contribution < 1.29 is 9.13 Å². The average Bonchev–Trinajstić information content (AvgIpc) is 2.55. The molecule has 0 aliphatic heterocycles. The first-order valence-electron chi connectivity index (χ1n) is 8.53. The van der Waals surface area contributed by atoms with Crippen molar-refractivity contribution in [2.45, 2.75) is 67.5 Å². The molecule has 2 heterocycles. The monoisotopic (exact) mass is 300 g/mol. The van der Waals surface area contributed by atoms with E-state index in [-0.39, 0.29) is 0 Å². The van der Waals surface area contributed by atoms with Crippen molar-refractivity contribution in [3.63, 3.8) is 0 Å². The van der Waals surface area contributed by atoms with Crippen LogP contribution in [0.1, 0.15) is 50.1 Å². The largest absolute Gasteiger partial charge is 0.205 e. The molecule has 2 aromatic rings. The fraction of sp³-hybridized carbons (Fsp3) is 0.500. The third-order valence-corrected chi connectivity index (χ3v) is 4.14. The van der Waals surface area contributed by atoms with Gasteiger partial charge in [-0.2, -0.15) is 0 Å². The number of aromatic nitrogens is 2. The number of rotatable bonds is 4. The van der Waals surface area contributed by atoms with Crippen LogP contribution in [0.4, 0.5) is 0 Å². The van der Waals surface area contributed by atoms with Crippen molar-refractivity contribution in [2.24, 2.45) is 0 Å². The normalized spacial score (nSPS) is 10.1. The Morgan fingerprint density at radius 1 is 0.864 bits per heavy atom. The molecule has 0 atom stereocenters. The van der Waals surface area contributed by atoms with Crippen molar-refractivity contribution in [3.05, 3.63) is 59.2 Å². The van der Waals surface area contributed by atoms with E-state index in [4.69, 9.17) is 0 Å². The van der Waals surface area contributed by atoms with E-state index in [1.807, 2.05) is 0 Å². The molecule has 0 aliphatic rings. The van der Waals surface area contributed by atoms with Crippen LogP contribution in [0, 0.1) is 13.8 Å². The van der Waals surface area contributed by atoms with Crippen molar-refractivity contribution in [1.82, 2.24) is 0 Å². The van der Waals surface area contributed by atoms with Gasteiger partial charge in [-0.1, -0.05) is 13.8 Å². The van der Waals surface area contributed by atoms with Gasteiger partial charge in [-0.05, 0) is 44.7 Å². The minimum Gasteiger partial charge on any atom is -0.205 e. The van der Waals surface area contributed by atoms with Gasteiger partial charge in [-0.3, -0.25) is 0 Å². The highest BCUT2D eigenvalue weighted by atomic mass is 14.9. The van der Waals surface area contributed by atoms with E-state index in [0.29, 0.717) is 0 Å². The zero-order chi connectivity index (χ0) is 16.5. The molecule has 0 saturated carbocycles. The number of aryl methyl sites for hydroxylation is 6. The lowest BCUT2D eigenvalue weighted by Crippen LogP contribution is -2.35. The molecule has 2 aromatic heterocycles. The molecular formula is C20H32N2+2. The van der Waals surface area contributed by atoms with Gasteiger partial charge in [0.05, 0.1) is 0 Å². The fourth-order valence-electron chi connectivity index (χ4n) is 2.56. The molecule has 0 N–H and O–H groups in total. The Kier molecular flexibility index (Phi) is 7.79. The third-order valence-electron chi connectivity index (χ3n) is 4.14. The van der Waals surface area contributed by atoms with Crippen LogP contribution in [0.5, 0.6) is 0 Å². The summed E-state index contributed by atoms with van der Waals surface area (Å²) in [6, 6.07) is 6.65. The van der Waals surface area contributed by atoms with Gasteiger partial charge in [0.15, 0.2) is 24.3 Å². The maximum Gasteiger partial charge on any atom is 0.178 e. The van der Waals surface area contributed by atoms with Gasteiger partial charge in [0.1, 0.15) is 13.1 Å². The van der Waals surface area contributed by atoms with Crippen LogP contribution in [-0.2, 0) is 25.9 Å². The molecule has 0 fully saturated rings. The first kappa shape index (κ1) is 18.3. The predicted molar refractivity (Wildman–Crippen MR) is 92.9 cm³/mol. The summed E-state index contributed by atoms with van der Waals surface area (Å²) in [5, 5.41) is 0. The van der Waals surface area contributed by atoms with Crippen LogP contribution < -0.4 is 9.13 Å². The molecule has 0 unspecified atom stereocenters. The number of nitrogens with zero attached hydrogens (tertiary/aromatic N) is 2. The number of pyridine rings is 2. The van der Waals surface area contributed by atoms with E-state index in [0.717, 1.165) is 25.9 Å². The predicted octanol–water partition coefficient (Wildman–Crippen LogP) is 3.73. The zero-order valence-corrected chi connectivity index (χ0v) is 15.2. The van der Waals surface area contributed by atoms with Crippen LogP contribution in [0.2, 0.25) is 0 Å². The maximum absolute atomic E-state index is 2.25. The summed E-state index contributed by atoms with van der Waals surface area (Å²) < 4.78 is 4.45. The Morgan fingerprint density at radius 3 is 2.05 bits per heavy atom. The van der Waals surface area contributed by atoms with Crippen molar-refractivity contribution in [1.29, 1.82) is 0 Å². The summed E-state index contributed by atoms with van der Waals surface area (Å²) in [6.45, 7) is 15.2. The lowest BCUT2D eigenvalue weighted by atomic mass is 10.1. The SMILES string of the molecule is CCc1cc[n+](CC)c(C)c1.CCc1cc[n+](CC)cc1C. The van der Waals surface area contributed by atoms with Crippen LogP contribution in [0.3, 0.4) is 0 Å². The standard InChI is InChI=1S/2C10H16N/c1-4-10-6-7-11(5-2)8-9(10)3;1-4-10-6-7-11(5-2)9(3)8-10/h2*6-8H,4-5H2,1-3H3/q2*+1. The molecule has 0 saturated heterocycles. The van der Waals surface area contributed by atoms with Crippen molar-refractivity contribution in [3.8, 4) is 0 Å². The summed E-state index contributed by atoms with van der Waals surface area (Å²) in [5.41, 5.74) is 5.63. The van der Waals surface area contributed by atoms with Gasteiger partial charge in [-0.15, -0.1) is 0 Å². The van der Waals surface area contributed by atoms with Gasteiger partial charge in [0.2, 0.25) is 0 Å². The van der Waals surface area contributed by atoms with Gasteiger partial charge in [-0.25, -0.2) is 9.13 Å². The Hall–Kier alpha value is -1.70. The van der Waals surface area contributed by atoms with Crippen molar-refractivity contribution >= 4 is 0 Å². The van der Waals surface area contributed by atoms with E-state index in [9.17, 15) is 0 Å². The highest BCUT2D eigenvalue weighted by Crippen LogP contribution is 2.03. The Morgan fingerprint density at radius 2 is 1.59 bits per heavy atom. The Bertz CT molecular complexity index is 535. The van der Waals surface area contributed by atoms with E-state index in [1.165, 1.54) is 22.4 Å². The molecule has 0 aromatic carbocycles. The topological polar surface area (TPSA) is 7.76 Å². The lowest BCUT2D eigenvalue weighted by Gasteiger charge is -1.99. The minimum atomic E-state index is 1.06. The van der Waals surface area contributed by atoms with E-state index in [1.54, 1.807) is 0 Å². The first-order chi connectivity index (χ1) is 10.5. The Balaban J connectivity index is 0.000000220. The number of hydrogen-bond acceptors (Lipinski definition) is 0. The molecule has 22 heavy (non-hydrogen) atoms. The lowest BCUT2D eigenvalue weighted by molar-refractivity contribution is -0.699. The molecule has 120 valence electrons. The van der Waals surface area contributed by atoms with Crippen LogP contribution >= 0.6 is 0 Å². The summed E-state index contributed by atoms with van der Waals surface area (Å²) in [7, 11) is 0. The minimum absolute atomic E-state index is 1.06. The van der Waals surface area contributed by atoms with E-state index in [2.05, 4.69) is 87.5 Å². The Labute approximate surface area is 136 Å². The average molecular weight is 300 g/mol. The second-order valence-electron chi connectivity index (χ2n) is 5.65. The second-order valence-corrected chi connectivity index (χ2v) is 5.65. The van der Waals surface area contributed by atoms with Gasteiger partial charge >= 0.3 is 0 Å². The van der Waals surface area contributed by atoms with E-state index < -0.39 is 0 Å². The molecule has 2 heteroatoms. The van der Waals surface area contributed by atoms with Gasteiger partial charge < -0.3 is 0 Å². The molecule has 2 nitrogen and oxygen atoms in total. The van der Waals surface area contributed by atoms with Crippen molar-refractivity contribution in [2.75, 3.05) is 0 Å². The van der Waals surface area contributed by atoms with Crippen LogP contribution in [0.15, 0.2) is 36.8 Å². The van der Waals surface area contributed by atoms with E-state index >= 15 is 0 Å². The summed E-state index contributed by atoms with van der Waals surface area (Å²) in [6.07, 6.45) is 8.78. The molecule has 0 amide bonds. The maximum atomic E-state index is 2.25. The molecule has 2 rings (SSSR count). The van der Waals surface area contributed by atoms with Gasteiger partial charge in [0.25, 0.3) is 0 Å². The molecule has 0 radical (unpaired) electrons. The molecular weight excluding hydrogens is 268 g/mol. The zero-order valence-electron chi connectivity index (χ0n) is 15.2. The highest BCUT2D eigenvalue weighted by Gasteiger charge is 2.02. The molecule has 0 bridgehead atoms. The second kappa shape index (κ2) is 9.34. The number of hydrogen-bond donors (Lipinski definition) is 0. The molecule has 0 spiro atoms. The van der Waals surface area contributed by atoms with Gasteiger partial charge in [0, 0.05) is 30.7 Å². The highest BCUT2D eigenvalue weighted by molar-refractivity contribution is 5.18. The fourth-order valence-corrected chi connectivity index (χ4v) is 2.56. The quantitative estimate of drug-likeness (QED) is 0.760. The third kappa shape index (κ3) is 5.25. The summed E-state index contributed by atoms with van der Waals surface area (Å²) in [4.78, 5) is 0. The summed E-state index contributed by atoms with van der Waals surface area (Å²) >= 11 is 0. The molecule has 0 aliphatic carbocycles. The van der Waals surface area contributed by atoms with Crippen LogP contribution in [-0.4, -0.2) is 0 Å². The first-order valence-corrected chi connectivity index (χ1v) is 8.53.